The van der Waals surface area contributed by atoms with Gasteiger partial charge in [-0.05, 0) is 42.3 Å². The Kier molecular flexibility index (Phi) is 5.32. The first-order valence-electron chi connectivity index (χ1n) is 7.74. The molecule has 5 N–H and O–H groups in total. The average molecular weight is 346 g/mol. The highest BCUT2D eigenvalue weighted by molar-refractivity contribution is 6.30. The van der Waals surface area contributed by atoms with Gasteiger partial charge in [-0.15, -0.1) is 0 Å². The lowest BCUT2D eigenvalue weighted by molar-refractivity contribution is -0.123. The molecule has 24 heavy (non-hydrogen) atoms. The van der Waals surface area contributed by atoms with E-state index in [9.17, 15) is 4.79 Å². The van der Waals surface area contributed by atoms with Gasteiger partial charge < -0.3 is 10.6 Å². The fourth-order valence-corrected chi connectivity index (χ4v) is 2.65. The third-order valence-corrected chi connectivity index (χ3v) is 4.20. The maximum absolute atomic E-state index is 12.5. The van der Waals surface area contributed by atoms with E-state index in [-0.39, 0.29) is 12.1 Å². The van der Waals surface area contributed by atoms with Crippen LogP contribution in [0.25, 0.3) is 0 Å². The van der Waals surface area contributed by atoms with Crippen molar-refractivity contribution in [3.63, 3.8) is 0 Å². The van der Waals surface area contributed by atoms with E-state index in [1.807, 2.05) is 43.3 Å². The molecule has 126 valence electrons. The van der Waals surface area contributed by atoms with Crippen LogP contribution in [0.3, 0.4) is 0 Å². The highest BCUT2D eigenvalue weighted by atomic mass is 35.5. The molecule has 0 aromatic heterocycles. The third kappa shape index (κ3) is 4.04. The van der Waals surface area contributed by atoms with Gasteiger partial charge in [0.1, 0.15) is 12.2 Å². The molecule has 1 saturated heterocycles. The molecule has 0 aliphatic carbocycles. The van der Waals surface area contributed by atoms with Gasteiger partial charge in [0.2, 0.25) is 5.91 Å². The van der Waals surface area contributed by atoms with Gasteiger partial charge in [0.15, 0.2) is 0 Å². The highest BCUT2D eigenvalue weighted by Crippen LogP contribution is 2.15. The van der Waals surface area contributed by atoms with E-state index in [2.05, 4.69) is 27.0 Å². The molecule has 2 aromatic rings. The van der Waals surface area contributed by atoms with Gasteiger partial charge in [-0.25, -0.2) is 10.9 Å². The Bertz CT molecular complexity index is 706. The minimum atomic E-state index is -0.454. The predicted octanol–water partition coefficient (Wildman–Crippen LogP) is 1.68. The van der Waals surface area contributed by atoms with Crippen LogP contribution in [0.5, 0.6) is 0 Å². The first kappa shape index (κ1) is 16.7. The van der Waals surface area contributed by atoms with Gasteiger partial charge in [0, 0.05) is 17.3 Å². The fraction of sp³-hybridized carbons (Fsp3) is 0.235. The third-order valence-electron chi connectivity index (χ3n) is 3.95. The van der Waals surface area contributed by atoms with Gasteiger partial charge in [0.25, 0.3) is 0 Å². The van der Waals surface area contributed by atoms with Crippen LogP contribution < -0.4 is 27.0 Å². The molecule has 7 heteroatoms. The Balaban J connectivity index is 1.59. The Morgan fingerprint density at radius 1 is 1.12 bits per heavy atom. The normalized spacial score (nSPS) is 19.9. The number of aryl methyl sites for hydroxylation is 1. The number of hydrogen-bond donors (Lipinski definition) is 5. The summed E-state index contributed by atoms with van der Waals surface area (Å²) in [5.74, 6) is -0.0952. The Labute approximate surface area is 145 Å². The second-order valence-corrected chi connectivity index (χ2v) is 6.10. The molecule has 1 amide bonds. The lowest BCUT2D eigenvalue weighted by Crippen LogP contribution is -2.50. The van der Waals surface area contributed by atoms with Crippen LogP contribution in [0.4, 0.5) is 5.69 Å². The van der Waals surface area contributed by atoms with Crippen molar-refractivity contribution in [2.45, 2.75) is 25.7 Å². The van der Waals surface area contributed by atoms with E-state index < -0.39 is 6.04 Å². The summed E-state index contributed by atoms with van der Waals surface area (Å²) in [6, 6.07) is 14.9. The van der Waals surface area contributed by atoms with Crippen molar-refractivity contribution < 1.29 is 4.79 Å². The molecule has 2 aromatic carbocycles. The Hall–Kier alpha value is -2.12. The van der Waals surface area contributed by atoms with Crippen molar-refractivity contribution >= 4 is 23.2 Å². The molecule has 1 aliphatic heterocycles. The molecule has 0 bridgehead atoms. The van der Waals surface area contributed by atoms with E-state index in [1.54, 1.807) is 12.1 Å². The molecule has 0 spiro atoms. The number of nitrogens with one attached hydrogen (secondary N) is 5. The van der Waals surface area contributed by atoms with E-state index in [0.29, 0.717) is 11.6 Å². The summed E-state index contributed by atoms with van der Waals surface area (Å²) in [5, 5.41) is 6.89. The first-order valence-corrected chi connectivity index (χ1v) is 8.11. The zero-order valence-electron chi connectivity index (χ0n) is 13.3. The number of hydrogen-bond acceptors (Lipinski definition) is 5. The number of amides is 1. The highest BCUT2D eigenvalue weighted by Gasteiger charge is 2.32. The van der Waals surface area contributed by atoms with Crippen molar-refractivity contribution in [3.05, 3.63) is 64.7 Å². The smallest absolute Gasteiger partial charge is 0.242 e. The number of halogens is 1. The molecule has 2 atom stereocenters. The van der Waals surface area contributed by atoms with Gasteiger partial charge in [-0.2, -0.15) is 5.53 Å². The molecule has 1 heterocycles. The maximum atomic E-state index is 12.5. The van der Waals surface area contributed by atoms with Gasteiger partial charge in [-0.1, -0.05) is 35.9 Å². The monoisotopic (exact) mass is 345 g/mol. The van der Waals surface area contributed by atoms with E-state index in [0.717, 1.165) is 16.8 Å². The number of carbonyl (C=O) groups is 1. The molecule has 6 nitrogen and oxygen atoms in total. The summed E-state index contributed by atoms with van der Waals surface area (Å²) in [5.41, 5.74) is 11.9. The number of rotatable bonds is 5. The second kappa shape index (κ2) is 7.63. The number of benzene rings is 2. The topological polar surface area (TPSA) is 77.2 Å². The molecule has 3 rings (SSSR count). The molecule has 0 saturated carbocycles. The maximum Gasteiger partial charge on any atom is 0.242 e. The van der Waals surface area contributed by atoms with Crippen molar-refractivity contribution in [3.8, 4) is 0 Å². The largest absolute Gasteiger partial charge is 0.367 e. The predicted molar refractivity (Wildman–Crippen MR) is 95.1 cm³/mol. The number of carbonyl (C=O) groups excluding carboxylic acids is 1. The Morgan fingerprint density at radius 3 is 2.62 bits per heavy atom. The Morgan fingerprint density at radius 2 is 1.88 bits per heavy atom. The van der Waals surface area contributed by atoms with E-state index in [1.165, 1.54) is 0 Å². The summed E-state index contributed by atoms with van der Waals surface area (Å²) in [6.07, 6.45) is -0.289. The van der Waals surface area contributed by atoms with Gasteiger partial charge >= 0.3 is 0 Å². The summed E-state index contributed by atoms with van der Waals surface area (Å²) in [7, 11) is 0. The summed E-state index contributed by atoms with van der Waals surface area (Å²) < 4.78 is 0. The minimum absolute atomic E-state index is 0.0952. The van der Waals surface area contributed by atoms with Crippen LogP contribution in [0.1, 0.15) is 11.1 Å². The van der Waals surface area contributed by atoms with Crippen LogP contribution in [0.2, 0.25) is 5.02 Å². The molecular weight excluding hydrogens is 326 g/mol. The number of anilines is 1. The van der Waals surface area contributed by atoms with E-state index >= 15 is 0 Å². The van der Waals surface area contributed by atoms with Gasteiger partial charge in [-0.3, -0.25) is 4.79 Å². The quantitative estimate of drug-likeness (QED) is 0.570. The van der Waals surface area contributed by atoms with Crippen molar-refractivity contribution in [2.75, 3.05) is 5.32 Å². The van der Waals surface area contributed by atoms with Gasteiger partial charge in [0.05, 0.1) is 0 Å². The van der Waals surface area contributed by atoms with Crippen LogP contribution >= 0.6 is 11.6 Å². The van der Waals surface area contributed by atoms with Crippen molar-refractivity contribution in [2.24, 2.45) is 0 Å². The average Bonchev–Trinajstić information content (AvgIpc) is 3.04. The minimum Gasteiger partial charge on any atom is -0.367 e. The van der Waals surface area contributed by atoms with Crippen LogP contribution in [0, 0.1) is 6.92 Å². The molecule has 1 aliphatic rings. The first-order chi connectivity index (χ1) is 11.6. The zero-order chi connectivity index (χ0) is 16.9. The summed E-state index contributed by atoms with van der Waals surface area (Å²) >= 11 is 5.89. The lowest BCUT2D eigenvalue weighted by atomic mass is 10.1. The van der Waals surface area contributed by atoms with Crippen LogP contribution in [0.15, 0.2) is 48.5 Å². The van der Waals surface area contributed by atoms with Crippen LogP contribution in [-0.2, 0) is 11.3 Å². The molecule has 0 radical (unpaired) electrons. The molecular formula is C17H20ClN5O. The van der Waals surface area contributed by atoms with E-state index in [4.69, 9.17) is 11.6 Å². The fourth-order valence-electron chi connectivity index (χ4n) is 2.53. The van der Waals surface area contributed by atoms with Crippen LogP contribution in [-0.4, -0.2) is 18.1 Å². The SMILES string of the molecule is Cc1ccccc1CNC(=O)C1NNNC1Nc1ccc(Cl)cc1. The van der Waals surface area contributed by atoms with Crippen molar-refractivity contribution in [1.82, 2.24) is 21.7 Å². The summed E-state index contributed by atoms with van der Waals surface area (Å²) in [6.45, 7) is 2.53. The second-order valence-electron chi connectivity index (χ2n) is 5.66. The summed E-state index contributed by atoms with van der Waals surface area (Å²) in [4.78, 5) is 12.5. The lowest BCUT2D eigenvalue weighted by Gasteiger charge is -2.20. The molecule has 2 unspecified atom stereocenters. The zero-order valence-corrected chi connectivity index (χ0v) is 14.0. The van der Waals surface area contributed by atoms with Crippen molar-refractivity contribution in [1.29, 1.82) is 0 Å². The molecule has 1 fully saturated rings. The number of hydrazine groups is 2. The standard InChI is InChI=1S/C17H20ClN5O/c1-11-4-2-3-5-12(11)10-19-17(24)15-16(22-23-21-15)20-14-8-6-13(18)7-9-14/h2-9,15-16,20-23H,10H2,1H3,(H,19,24).